The lowest BCUT2D eigenvalue weighted by molar-refractivity contribution is -0.118. The zero-order chi connectivity index (χ0) is 19.8. The van der Waals surface area contributed by atoms with E-state index in [-0.39, 0.29) is 18.4 Å². The number of rotatable bonds is 6. The van der Waals surface area contributed by atoms with Crippen molar-refractivity contribution in [3.05, 3.63) is 59.7 Å². The minimum absolute atomic E-state index is 0.132. The third-order valence-corrected chi connectivity index (χ3v) is 4.30. The van der Waals surface area contributed by atoms with E-state index in [1.807, 2.05) is 0 Å². The molecule has 1 heterocycles. The first-order valence-electron chi connectivity index (χ1n) is 9.02. The summed E-state index contributed by atoms with van der Waals surface area (Å²) in [6, 6.07) is 16.0. The SMILES string of the molecule is N#CCc1ccc(NC(=O)COc2ccccc2C(=O)N2CCOCC2)cc1. The summed E-state index contributed by atoms with van der Waals surface area (Å²) >= 11 is 0. The van der Waals surface area contributed by atoms with Gasteiger partial charge in [-0.15, -0.1) is 0 Å². The van der Waals surface area contributed by atoms with Crippen molar-refractivity contribution in [2.75, 3.05) is 38.2 Å². The third-order valence-electron chi connectivity index (χ3n) is 4.30. The Hall–Kier alpha value is -3.37. The summed E-state index contributed by atoms with van der Waals surface area (Å²) in [6.45, 7) is 1.90. The molecule has 1 aliphatic heterocycles. The van der Waals surface area contributed by atoms with Crippen LogP contribution in [0.25, 0.3) is 0 Å². The summed E-state index contributed by atoms with van der Waals surface area (Å²) in [7, 11) is 0. The normalized spacial score (nSPS) is 13.5. The number of carbonyl (C=O) groups is 2. The molecule has 2 aromatic rings. The number of nitriles is 1. The van der Waals surface area contributed by atoms with E-state index in [1.165, 1.54) is 0 Å². The number of hydrogen-bond acceptors (Lipinski definition) is 5. The first kappa shape index (κ1) is 19.4. The molecule has 144 valence electrons. The van der Waals surface area contributed by atoms with Crippen LogP contribution in [0, 0.1) is 11.3 Å². The Morgan fingerprint density at radius 2 is 1.82 bits per heavy atom. The molecule has 1 saturated heterocycles. The molecule has 1 N–H and O–H groups in total. The molecule has 1 fully saturated rings. The van der Waals surface area contributed by atoms with E-state index in [2.05, 4.69) is 11.4 Å². The summed E-state index contributed by atoms with van der Waals surface area (Å²) in [5.74, 6) is -0.0902. The number of benzene rings is 2. The number of nitrogens with zero attached hydrogens (tertiary/aromatic N) is 2. The lowest BCUT2D eigenvalue weighted by atomic mass is 10.1. The Labute approximate surface area is 163 Å². The van der Waals surface area contributed by atoms with Gasteiger partial charge in [0.1, 0.15) is 5.75 Å². The monoisotopic (exact) mass is 379 g/mol. The number of anilines is 1. The smallest absolute Gasteiger partial charge is 0.262 e. The fourth-order valence-corrected chi connectivity index (χ4v) is 2.84. The van der Waals surface area contributed by atoms with Crippen LogP contribution < -0.4 is 10.1 Å². The minimum Gasteiger partial charge on any atom is -0.483 e. The highest BCUT2D eigenvalue weighted by Crippen LogP contribution is 2.20. The number of carbonyl (C=O) groups excluding carboxylic acids is 2. The second-order valence-electron chi connectivity index (χ2n) is 6.27. The van der Waals surface area contributed by atoms with Gasteiger partial charge in [-0.25, -0.2) is 0 Å². The maximum absolute atomic E-state index is 12.7. The van der Waals surface area contributed by atoms with E-state index in [1.54, 1.807) is 53.4 Å². The lowest BCUT2D eigenvalue weighted by Crippen LogP contribution is -2.40. The average Bonchev–Trinajstić information content (AvgIpc) is 2.74. The van der Waals surface area contributed by atoms with Gasteiger partial charge in [0.2, 0.25) is 0 Å². The van der Waals surface area contributed by atoms with E-state index in [0.29, 0.717) is 49.7 Å². The molecule has 7 nitrogen and oxygen atoms in total. The highest BCUT2D eigenvalue weighted by Gasteiger charge is 2.21. The van der Waals surface area contributed by atoms with Crippen molar-refractivity contribution in [3.8, 4) is 11.8 Å². The number of hydrogen-bond donors (Lipinski definition) is 1. The van der Waals surface area contributed by atoms with E-state index >= 15 is 0 Å². The minimum atomic E-state index is -0.332. The van der Waals surface area contributed by atoms with Gasteiger partial charge < -0.3 is 19.7 Å². The van der Waals surface area contributed by atoms with Crippen LogP contribution in [-0.2, 0) is 16.0 Å². The van der Waals surface area contributed by atoms with Crippen LogP contribution in [0.15, 0.2) is 48.5 Å². The first-order chi connectivity index (χ1) is 13.7. The number of para-hydroxylation sites is 1. The predicted molar refractivity (Wildman–Crippen MR) is 103 cm³/mol. The van der Waals surface area contributed by atoms with Gasteiger partial charge in [0.05, 0.1) is 31.3 Å². The first-order valence-corrected chi connectivity index (χ1v) is 9.02. The van der Waals surface area contributed by atoms with Crippen LogP contribution in [0.1, 0.15) is 15.9 Å². The summed E-state index contributed by atoms with van der Waals surface area (Å²) in [5, 5.41) is 11.4. The summed E-state index contributed by atoms with van der Waals surface area (Å²) < 4.78 is 10.9. The van der Waals surface area contributed by atoms with E-state index in [4.69, 9.17) is 14.7 Å². The Bertz CT molecular complexity index is 868. The van der Waals surface area contributed by atoms with Crippen molar-refractivity contribution in [2.24, 2.45) is 0 Å². The molecular weight excluding hydrogens is 358 g/mol. The average molecular weight is 379 g/mol. The van der Waals surface area contributed by atoms with Gasteiger partial charge in [0.15, 0.2) is 6.61 Å². The van der Waals surface area contributed by atoms with Gasteiger partial charge in [-0.3, -0.25) is 9.59 Å². The highest BCUT2D eigenvalue weighted by molar-refractivity contribution is 5.97. The molecule has 0 bridgehead atoms. The van der Waals surface area contributed by atoms with Gasteiger partial charge in [0, 0.05) is 18.8 Å². The fraction of sp³-hybridized carbons (Fsp3) is 0.286. The van der Waals surface area contributed by atoms with E-state index in [9.17, 15) is 9.59 Å². The van der Waals surface area contributed by atoms with Gasteiger partial charge in [-0.1, -0.05) is 24.3 Å². The molecule has 0 spiro atoms. The molecule has 1 aliphatic rings. The predicted octanol–water partition coefficient (Wildman–Crippen LogP) is 2.24. The molecule has 0 aliphatic carbocycles. The molecule has 7 heteroatoms. The molecule has 28 heavy (non-hydrogen) atoms. The quantitative estimate of drug-likeness (QED) is 0.831. The molecule has 0 saturated carbocycles. The molecular formula is C21H21N3O4. The highest BCUT2D eigenvalue weighted by atomic mass is 16.5. The Morgan fingerprint density at radius 3 is 2.54 bits per heavy atom. The van der Waals surface area contributed by atoms with Crippen molar-refractivity contribution < 1.29 is 19.1 Å². The summed E-state index contributed by atoms with van der Waals surface area (Å²) in [5.41, 5.74) is 1.93. The zero-order valence-electron chi connectivity index (χ0n) is 15.4. The van der Waals surface area contributed by atoms with Crippen LogP contribution >= 0.6 is 0 Å². The second-order valence-corrected chi connectivity index (χ2v) is 6.27. The van der Waals surface area contributed by atoms with Crippen LogP contribution in [0.3, 0.4) is 0 Å². The molecule has 2 aromatic carbocycles. The molecule has 0 unspecified atom stereocenters. The number of ether oxygens (including phenoxy) is 2. The van der Waals surface area contributed by atoms with Crippen molar-refractivity contribution in [3.63, 3.8) is 0 Å². The molecule has 0 aromatic heterocycles. The lowest BCUT2D eigenvalue weighted by Gasteiger charge is -2.27. The van der Waals surface area contributed by atoms with Crippen molar-refractivity contribution in [1.82, 2.24) is 4.90 Å². The Kier molecular flexibility index (Phi) is 6.60. The van der Waals surface area contributed by atoms with Crippen LogP contribution in [0.5, 0.6) is 5.75 Å². The van der Waals surface area contributed by atoms with Crippen LogP contribution in [0.4, 0.5) is 5.69 Å². The Balaban J connectivity index is 1.59. The number of amides is 2. The van der Waals surface area contributed by atoms with Gasteiger partial charge in [-0.05, 0) is 29.8 Å². The van der Waals surface area contributed by atoms with Crippen LogP contribution in [0.2, 0.25) is 0 Å². The fourth-order valence-electron chi connectivity index (χ4n) is 2.84. The van der Waals surface area contributed by atoms with Gasteiger partial charge >= 0.3 is 0 Å². The summed E-state index contributed by atoms with van der Waals surface area (Å²) in [6.07, 6.45) is 0.325. The third kappa shape index (κ3) is 5.09. The van der Waals surface area contributed by atoms with Gasteiger partial charge in [-0.2, -0.15) is 5.26 Å². The van der Waals surface area contributed by atoms with E-state index in [0.717, 1.165) is 5.56 Å². The standard InChI is InChI=1S/C21H21N3O4/c22-10-9-16-5-7-17(8-6-16)23-20(25)15-28-19-4-2-1-3-18(19)21(26)24-11-13-27-14-12-24/h1-8H,9,11-15H2,(H,23,25). The van der Waals surface area contributed by atoms with Crippen LogP contribution in [-0.4, -0.2) is 49.6 Å². The molecule has 0 atom stereocenters. The molecule has 2 amide bonds. The molecule has 3 rings (SSSR count). The largest absolute Gasteiger partial charge is 0.483 e. The van der Waals surface area contributed by atoms with E-state index < -0.39 is 0 Å². The second kappa shape index (κ2) is 9.53. The maximum atomic E-state index is 12.7. The Morgan fingerprint density at radius 1 is 1.11 bits per heavy atom. The van der Waals surface area contributed by atoms with Crippen molar-refractivity contribution in [1.29, 1.82) is 5.26 Å². The number of nitrogens with one attached hydrogen (secondary N) is 1. The van der Waals surface area contributed by atoms with Crippen molar-refractivity contribution in [2.45, 2.75) is 6.42 Å². The number of morpholine rings is 1. The van der Waals surface area contributed by atoms with Crippen molar-refractivity contribution >= 4 is 17.5 Å². The summed E-state index contributed by atoms with van der Waals surface area (Å²) in [4.78, 5) is 26.6. The zero-order valence-corrected chi connectivity index (χ0v) is 15.4. The van der Waals surface area contributed by atoms with Gasteiger partial charge in [0.25, 0.3) is 11.8 Å². The topological polar surface area (TPSA) is 91.7 Å². The molecule has 0 radical (unpaired) electrons. The maximum Gasteiger partial charge on any atom is 0.262 e.